The first kappa shape index (κ1) is 14.1. The average Bonchev–Trinajstić information content (AvgIpc) is 2.41. The third-order valence-electron chi connectivity index (χ3n) is 2.25. The van der Waals surface area contributed by atoms with Gasteiger partial charge < -0.3 is 16.2 Å². The van der Waals surface area contributed by atoms with E-state index >= 15 is 0 Å². The van der Waals surface area contributed by atoms with Crippen LogP contribution < -0.4 is 16.2 Å². The van der Waals surface area contributed by atoms with Gasteiger partial charge in [0.05, 0.1) is 5.84 Å². The molecule has 0 heterocycles. The van der Waals surface area contributed by atoms with Crippen LogP contribution in [0.4, 0.5) is 0 Å². The fraction of sp³-hybridized carbons (Fsp3) is 0.357. The molecule has 0 aliphatic heterocycles. The van der Waals surface area contributed by atoms with Crippen LogP contribution >= 0.6 is 0 Å². The van der Waals surface area contributed by atoms with Gasteiger partial charge in [-0.05, 0) is 18.2 Å². The Balaban J connectivity index is 2.54. The summed E-state index contributed by atoms with van der Waals surface area (Å²) in [6.07, 6.45) is 1.41. The molecule has 0 bridgehead atoms. The minimum absolute atomic E-state index is 0.505. The second-order valence-electron chi connectivity index (χ2n) is 3.68. The van der Waals surface area contributed by atoms with E-state index in [1.807, 2.05) is 24.3 Å². The molecule has 0 amide bonds. The summed E-state index contributed by atoms with van der Waals surface area (Å²) in [5.74, 6) is 7.55. The molecule has 96 valence electrons. The second kappa shape index (κ2) is 8.15. The second-order valence-corrected chi connectivity index (χ2v) is 3.68. The molecular weight excluding hydrogens is 226 g/mol. The quantitative estimate of drug-likeness (QED) is 0.464. The van der Waals surface area contributed by atoms with Crippen molar-refractivity contribution in [2.24, 2.45) is 16.5 Å². The first-order valence-corrected chi connectivity index (χ1v) is 5.89. The number of hydrogen-bond acceptors (Lipinski definition) is 3. The maximum absolute atomic E-state index is 5.58. The summed E-state index contributed by atoms with van der Waals surface area (Å²) in [7, 11) is 1.68. The highest BCUT2D eigenvalue weighted by atomic mass is 16.5. The fourth-order valence-electron chi connectivity index (χ4n) is 1.31. The van der Waals surface area contributed by atoms with Crippen LogP contribution in [-0.2, 0) is 0 Å². The Kier molecular flexibility index (Phi) is 6.37. The van der Waals surface area contributed by atoms with Crippen molar-refractivity contribution in [1.82, 2.24) is 0 Å². The van der Waals surface area contributed by atoms with Gasteiger partial charge in [-0.3, -0.25) is 4.99 Å². The topological polar surface area (TPSA) is 73.6 Å². The van der Waals surface area contributed by atoms with Crippen LogP contribution in [0.1, 0.15) is 18.4 Å². The van der Waals surface area contributed by atoms with Gasteiger partial charge in [0, 0.05) is 32.0 Å². The molecule has 0 radical (unpaired) electrons. The molecule has 0 unspecified atom stereocenters. The third-order valence-corrected chi connectivity index (χ3v) is 2.25. The highest BCUT2D eigenvalue weighted by molar-refractivity contribution is 5.80. The van der Waals surface area contributed by atoms with Gasteiger partial charge in [-0.2, -0.15) is 0 Å². The first-order chi connectivity index (χ1) is 8.76. The van der Waals surface area contributed by atoms with Crippen molar-refractivity contribution in [3.05, 3.63) is 29.8 Å². The van der Waals surface area contributed by atoms with Crippen molar-refractivity contribution in [1.29, 1.82) is 0 Å². The van der Waals surface area contributed by atoms with Crippen molar-refractivity contribution in [2.75, 3.05) is 20.2 Å². The highest BCUT2D eigenvalue weighted by Crippen LogP contribution is 2.12. The minimum Gasteiger partial charge on any atom is -0.492 e. The van der Waals surface area contributed by atoms with E-state index in [0.29, 0.717) is 31.8 Å². The lowest BCUT2D eigenvalue weighted by Gasteiger charge is -2.03. The summed E-state index contributed by atoms with van der Waals surface area (Å²) < 4.78 is 5.43. The van der Waals surface area contributed by atoms with Crippen molar-refractivity contribution in [3.63, 3.8) is 0 Å². The first-order valence-electron chi connectivity index (χ1n) is 5.89. The number of rotatable bonds is 5. The molecule has 1 aromatic carbocycles. The molecule has 4 nitrogen and oxygen atoms in total. The zero-order valence-corrected chi connectivity index (χ0v) is 10.6. The van der Waals surface area contributed by atoms with Crippen LogP contribution in [0.2, 0.25) is 0 Å². The molecule has 0 fully saturated rings. The number of nitrogens with zero attached hydrogens (tertiary/aromatic N) is 1. The molecule has 0 aliphatic rings. The van der Waals surface area contributed by atoms with Crippen molar-refractivity contribution in [3.8, 4) is 17.6 Å². The normalized spacial score (nSPS) is 10.7. The molecule has 0 aromatic heterocycles. The van der Waals surface area contributed by atoms with Gasteiger partial charge in [0.2, 0.25) is 0 Å². The van der Waals surface area contributed by atoms with Crippen LogP contribution in [0, 0.1) is 11.8 Å². The van der Waals surface area contributed by atoms with E-state index in [4.69, 9.17) is 16.2 Å². The number of amidine groups is 1. The maximum atomic E-state index is 5.58. The van der Waals surface area contributed by atoms with Gasteiger partial charge in [0.15, 0.2) is 0 Å². The van der Waals surface area contributed by atoms with Crippen molar-refractivity contribution >= 4 is 5.84 Å². The van der Waals surface area contributed by atoms with Crippen molar-refractivity contribution < 1.29 is 4.74 Å². The lowest BCUT2D eigenvalue weighted by atomic mass is 10.2. The van der Waals surface area contributed by atoms with Gasteiger partial charge in [-0.25, -0.2) is 0 Å². The highest BCUT2D eigenvalue weighted by Gasteiger charge is 1.93. The van der Waals surface area contributed by atoms with Crippen LogP contribution in [0.3, 0.4) is 0 Å². The minimum atomic E-state index is 0.505. The summed E-state index contributed by atoms with van der Waals surface area (Å²) in [6, 6.07) is 7.65. The van der Waals surface area contributed by atoms with E-state index in [1.165, 1.54) is 0 Å². The maximum Gasteiger partial charge on any atom is 0.120 e. The lowest BCUT2D eigenvalue weighted by Crippen LogP contribution is -2.10. The van der Waals surface area contributed by atoms with Crippen LogP contribution in [-0.4, -0.2) is 26.0 Å². The zero-order valence-electron chi connectivity index (χ0n) is 10.6. The fourth-order valence-corrected chi connectivity index (χ4v) is 1.31. The van der Waals surface area contributed by atoms with Gasteiger partial charge in [0.1, 0.15) is 12.4 Å². The molecule has 1 rings (SSSR count). The number of hydrogen-bond donors (Lipinski definition) is 2. The van der Waals surface area contributed by atoms with E-state index in [2.05, 4.69) is 16.8 Å². The molecule has 18 heavy (non-hydrogen) atoms. The summed E-state index contributed by atoms with van der Waals surface area (Å²) in [5.41, 5.74) is 11.9. The Morgan fingerprint density at radius 3 is 3.00 bits per heavy atom. The Hall–Kier alpha value is -1.99. The predicted molar refractivity (Wildman–Crippen MR) is 74.6 cm³/mol. The molecule has 4 heteroatoms. The van der Waals surface area contributed by atoms with Gasteiger partial charge in [-0.15, -0.1) is 0 Å². The SMILES string of the molecule is CN=C(N)CCC#Cc1cccc(OCCN)c1. The average molecular weight is 245 g/mol. The van der Waals surface area contributed by atoms with E-state index in [9.17, 15) is 0 Å². The Labute approximate surface area is 108 Å². The molecule has 4 N–H and O–H groups in total. The van der Waals surface area contributed by atoms with Crippen LogP contribution in [0.5, 0.6) is 5.75 Å². The molecule has 0 spiro atoms. The lowest BCUT2D eigenvalue weighted by molar-refractivity contribution is 0.328. The summed E-state index contributed by atoms with van der Waals surface area (Å²) >= 11 is 0. The van der Waals surface area contributed by atoms with E-state index in [-0.39, 0.29) is 0 Å². The summed E-state index contributed by atoms with van der Waals surface area (Å²) in [6.45, 7) is 1.02. The smallest absolute Gasteiger partial charge is 0.120 e. The van der Waals surface area contributed by atoms with Crippen LogP contribution in [0.25, 0.3) is 0 Å². The molecule has 0 saturated heterocycles. The summed E-state index contributed by atoms with van der Waals surface area (Å²) in [4.78, 5) is 3.88. The Morgan fingerprint density at radius 1 is 1.44 bits per heavy atom. The van der Waals surface area contributed by atoms with Gasteiger partial charge in [0.25, 0.3) is 0 Å². The largest absolute Gasteiger partial charge is 0.492 e. The Bertz CT molecular complexity index is 458. The molecule has 0 atom stereocenters. The van der Waals surface area contributed by atoms with E-state index < -0.39 is 0 Å². The number of ether oxygens (including phenoxy) is 1. The predicted octanol–water partition coefficient (Wildman–Crippen LogP) is 1.14. The number of nitrogens with two attached hydrogens (primary N) is 2. The van der Waals surface area contributed by atoms with Crippen LogP contribution in [0.15, 0.2) is 29.3 Å². The third kappa shape index (κ3) is 5.37. The molecule has 0 aliphatic carbocycles. The zero-order chi connectivity index (χ0) is 13.2. The monoisotopic (exact) mass is 245 g/mol. The Morgan fingerprint density at radius 2 is 2.28 bits per heavy atom. The summed E-state index contributed by atoms with van der Waals surface area (Å²) in [5, 5.41) is 0. The molecule has 1 aromatic rings. The number of benzene rings is 1. The molecular formula is C14H19N3O. The van der Waals surface area contributed by atoms with Gasteiger partial charge >= 0.3 is 0 Å². The number of aliphatic imine (C=N–C) groups is 1. The van der Waals surface area contributed by atoms with E-state index in [0.717, 1.165) is 11.3 Å². The van der Waals surface area contributed by atoms with E-state index in [1.54, 1.807) is 7.05 Å². The molecule has 0 saturated carbocycles. The standard InChI is InChI=1S/C14H19N3O/c1-17-14(16)8-3-2-5-12-6-4-7-13(11-12)18-10-9-15/h4,6-7,11H,3,8-10,15H2,1H3,(H2,16,17). The van der Waals surface area contributed by atoms with Gasteiger partial charge in [-0.1, -0.05) is 17.9 Å². The van der Waals surface area contributed by atoms with Crippen molar-refractivity contribution in [2.45, 2.75) is 12.8 Å².